The number of rotatable bonds is 16. The number of alkyl carbamates (subject to hydrolysis) is 1. The first-order valence-electron chi connectivity index (χ1n) is 12.9. The van der Waals surface area contributed by atoms with Crippen LogP contribution < -0.4 is 27.4 Å². The van der Waals surface area contributed by atoms with Crippen LogP contribution in [0.2, 0.25) is 0 Å². The largest absolute Gasteiger partial charge is 0.481 e. The normalized spacial score (nSPS) is 13.1. The number of nitrogens with two attached hydrogens (primary N) is 2. The van der Waals surface area contributed by atoms with Gasteiger partial charge < -0.3 is 47.1 Å². The molecule has 3 amide bonds. The number of aliphatic imine (C=N–C) groups is 1. The molecule has 1 aromatic carbocycles. The number of nitrogens with zero attached hydrogens (tertiary/aromatic N) is 1. The first kappa shape index (κ1) is 34.6. The Balaban J connectivity index is 3.03. The molecular weight excluding hydrogens is 540 g/mol. The van der Waals surface area contributed by atoms with E-state index in [4.69, 9.17) is 26.0 Å². The van der Waals surface area contributed by atoms with E-state index in [-0.39, 0.29) is 38.4 Å². The van der Waals surface area contributed by atoms with Gasteiger partial charge in [-0.2, -0.15) is 0 Å². The number of carboxylic acid groups (broad SMARTS) is 1. The second kappa shape index (κ2) is 17.3. The summed E-state index contributed by atoms with van der Waals surface area (Å²) in [5, 5.41) is 25.9. The van der Waals surface area contributed by atoms with Gasteiger partial charge in [-0.1, -0.05) is 30.3 Å². The fourth-order valence-electron chi connectivity index (χ4n) is 3.31. The Bertz CT molecular complexity index is 1060. The number of esters is 1. The number of hydrogen-bond donors (Lipinski definition) is 7. The number of carbonyl (C=O) groups excluding carboxylic acids is 4. The lowest BCUT2D eigenvalue weighted by Gasteiger charge is -2.25. The molecular formula is C26H40N6O9. The molecule has 0 fully saturated rings. The summed E-state index contributed by atoms with van der Waals surface area (Å²) in [6.07, 6.45) is -1.47. The summed E-state index contributed by atoms with van der Waals surface area (Å²) < 4.78 is 10.4. The van der Waals surface area contributed by atoms with E-state index in [1.165, 1.54) is 0 Å². The quantitative estimate of drug-likeness (QED) is 0.0568. The molecule has 3 atom stereocenters. The zero-order valence-electron chi connectivity index (χ0n) is 23.4. The van der Waals surface area contributed by atoms with Crippen LogP contribution in [-0.4, -0.2) is 82.9 Å². The van der Waals surface area contributed by atoms with Crippen molar-refractivity contribution in [1.82, 2.24) is 16.0 Å². The van der Waals surface area contributed by atoms with Gasteiger partial charge in [0, 0.05) is 13.0 Å². The Kier molecular flexibility index (Phi) is 14.6. The highest BCUT2D eigenvalue weighted by Crippen LogP contribution is 2.09. The summed E-state index contributed by atoms with van der Waals surface area (Å²) in [5.41, 5.74) is 10.5. The second-order valence-corrected chi connectivity index (χ2v) is 9.98. The standard InChI is InChI=1S/C26H40N6O9/c1-26(2,3)41-25(39)32-19(14-33)22(37)30-17(10-7-13-29-24(27)28)21(36)31-18(11-12-20(34)35)23(38)40-15-16-8-5-4-6-9-16/h4-6,8-9,17-19,33H,7,10-15H2,1-3H3,(H,30,37)(H,31,36)(H,32,39)(H,34,35)(H4,27,28,29)/t17-,18-,19-/m0/s1. The third-order valence-electron chi connectivity index (χ3n) is 5.24. The van der Waals surface area contributed by atoms with Crippen LogP contribution in [0.25, 0.3) is 0 Å². The van der Waals surface area contributed by atoms with Crippen molar-refractivity contribution in [3.8, 4) is 0 Å². The van der Waals surface area contributed by atoms with Gasteiger partial charge in [-0.3, -0.25) is 19.4 Å². The van der Waals surface area contributed by atoms with Crippen molar-refractivity contribution in [3.05, 3.63) is 35.9 Å². The molecule has 0 bridgehead atoms. The predicted molar refractivity (Wildman–Crippen MR) is 147 cm³/mol. The Labute approximate surface area is 238 Å². The lowest BCUT2D eigenvalue weighted by molar-refractivity contribution is -0.150. The van der Waals surface area contributed by atoms with Crippen LogP contribution in [0.1, 0.15) is 52.0 Å². The third kappa shape index (κ3) is 15.1. The smallest absolute Gasteiger partial charge is 0.408 e. The number of nitrogens with one attached hydrogen (secondary N) is 3. The Morgan fingerprint density at radius 1 is 0.927 bits per heavy atom. The molecule has 228 valence electrons. The number of aliphatic carboxylic acids is 1. The lowest BCUT2D eigenvalue weighted by atomic mass is 10.1. The van der Waals surface area contributed by atoms with E-state index in [0.29, 0.717) is 5.56 Å². The summed E-state index contributed by atoms with van der Waals surface area (Å²) in [6.45, 7) is 4.05. The van der Waals surface area contributed by atoms with Gasteiger partial charge in [0.15, 0.2) is 5.96 Å². The van der Waals surface area contributed by atoms with Crippen LogP contribution in [0, 0.1) is 0 Å². The van der Waals surface area contributed by atoms with Crippen molar-refractivity contribution in [2.45, 2.75) is 76.8 Å². The molecule has 0 aliphatic heterocycles. The summed E-state index contributed by atoms with van der Waals surface area (Å²) in [7, 11) is 0. The van der Waals surface area contributed by atoms with E-state index < -0.39 is 66.6 Å². The molecule has 0 saturated carbocycles. The average Bonchev–Trinajstić information content (AvgIpc) is 2.88. The van der Waals surface area contributed by atoms with E-state index in [1.54, 1.807) is 51.1 Å². The van der Waals surface area contributed by atoms with Crippen LogP contribution in [0.4, 0.5) is 4.79 Å². The van der Waals surface area contributed by atoms with Gasteiger partial charge in [0.1, 0.15) is 30.3 Å². The van der Waals surface area contributed by atoms with Crippen LogP contribution in [0.3, 0.4) is 0 Å². The molecule has 0 radical (unpaired) electrons. The molecule has 1 aromatic rings. The number of aliphatic hydroxyl groups is 1. The van der Waals surface area contributed by atoms with Crippen LogP contribution >= 0.6 is 0 Å². The number of ether oxygens (including phenoxy) is 2. The van der Waals surface area contributed by atoms with Crippen LogP contribution in [-0.2, 0) is 35.3 Å². The Hall–Kier alpha value is -4.40. The maximum Gasteiger partial charge on any atom is 0.408 e. The summed E-state index contributed by atoms with van der Waals surface area (Å²) in [4.78, 5) is 65.9. The monoisotopic (exact) mass is 580 g/mol. The SMILES string of the molecule is CC(C)(C)OC(=O)N[C@@H](CO)C(=O)N[C@@H](CCCN=C(N)N)C(=O)N[C@@H](CCC(=O)O)C(=O)OCc1ccccc1. The van der Waals surface area contributed by atoms with E-state index in [2.05, 4.69) is 20.9 Å². The Morgan fingerprint density at radius 2 is 1.54 bits per heavy atom. The van der Waals surface area contributed by atoms with Crippen molar-refractivity contribution in [2.75, 3.05) is 13.2 Å². The van der Waals surface area contributed by atoms with Crippen molar-refractivity contribution >= 4 is 35.8 Å². The molecule has 41 heavy (non-hydrogen) atoms. The fraction of sp³-hybridized carbons (Fsp3) is 0.538. The predicted octanol–water partition coefficient (Wildman–Crippen LogP) is -0.497. The van der Waals surface area contributed by atoms with Crippen molar-refractivity contribution in [1.29, 1.82) is 0 Å². The van der Waals surface area contributed by atoms with Gasteiger partial charge in [0.2, 0.25) is 11.8 Å². The number of benzene rings is 1. The number of hydrogen-bond acceptors (Lipinski definition) is 9. The zero-order valence-corrected chi connectivity index (χ0v) is 23.4. The molecule has 9 N–H and O–H groups in total. The Morgan fingerprint density at radius 3 is 2.10 bits per heavy atom. The minimum absolute atomic E-state index is 0.0103. The summed E-state index contributed by atoms with van der Waals surface area (Å²) >= 11 is 0. The molecule has 1 rings (SSSR count). The van der Waals surface area contributed by atoms with Gasteiger partial charge in [-0.25, -0.2) is 9.59 Å². The zero-order chi connectivity index (χ0) is 31.0. The first-order valence-corrected chi connectivity index (χ1v) is 12.9. The fourth-order valence-corrected chi connectivity index (χ4v) is 3.31. The summed E-state index contributed by atoms with van der Waals surface area (Å²) in [6, 6.07) is 4.66. The summed E-state index contributed by atoms with van der Waals surface area (Å²) in [5.74, 6) is -3.97. The molecule has 0 saturated heterocycles. The average molecular weight is 581 g/mol. The number of amides is 3. The second-order valence-electron chi connectivity index (χ2n) is 9.98. The molecule has 15 nitrogen and oxygen atoms in total. The third-order valence-corrected chi connectivity index (χ3v) is 5.24. The number of guanidine groups is 1. The van der Waals surface area contributed by atoms with Crippen molar-refractivity contribution in [2.24, 2.45) is 16.5 Å². The van der Waals surface area contributed by atoms with Gasteiger partial charge >= 0.3 is 18.0 Å². The van der Waals surface area contributed by atoms with E-state index >= 15 is 0 Å². The highest BCUT2D eigenvalue weighted by molar-refractivity contribution is 5.93. The maximum absolute atomic E-state index is 13.2. The lowest BCUT2D eigenvalue weighted by Crippen LogP contribution is -2.57. The molecule has 15 heteroatoms. The maximum atomic E-state index is 13.2. The molecule has 0 heterocycles. The van der Waals surface area contributed by atoms with E-state index in [9.17, 15) is 29.1 Å². The van der Waals surface area contributed by atoms with Gasteiger partial charge in [0.25, 0.3) is 0 Å². The van der Waals surface area contributed by atoms with Crippen LogP contribution in [0.5, 0.6) is 0 Å². The van der Waals surface area contributed by atoms with E-state index in [1.807, 2.05) is 0 Å². The van der Waals surface area contributed by atoms with Crippen molar-refractivity contribution < 1.29 is 43.7 Å². The van der Waals surface area contributed by atoms with Crippen molar-refractivity contribution in [3.63, 3.8) is 0 Å². The number of carbonyl (C=O) groups is 5. The van der Waals surface area contributed by atoms with Gasteiger partial charge in [-0.05, 0) is 45.6 Å². The highest BCUT2D eigenvalue weighted by Gasteiger charge is 2.31. The molecule has 0 aromatic heterocycles. The minimum atomic E-state index is -1.46. The van der Waals surface area contributed by atoms with Gasteiger partial charge in [-0.15, -0.1) is 0 Å². The molecule has 0 unspecified atom stereocenters. The topological polar surface area (TPSA) is 245 Å². The molecule has 0 aliphatic carbocycles. The number of carboxylic acids is 1. The molecule has 0 spiro atoms. The highest BCUT2D eigenvalue weighted by atomic mass is 16.6. The minimum Gasteiger partial charge on any atom is -0.481 e. The first-order chi connectivity index (χ1) is 19.2. The number of aliphatic hydroxyl groups excluding tert-OH is 1. The molecule has 0 aliphatic rings. The van der Waals surface area contributed by atoms with Crippen LogP contribution in [0.15, 0.2) is 35.3 Å². The van der Waals surface area contributed by atoms with Gasteiger partial charge in [0.05, 0.1) is 6.61 Å². The van der Waals surface area contributed by atoms with E-state index in [0.717, 1.165) is 0 Å².